The van der Waals surface area contributed by atoms with E-state index in [9.17, 15) is 4.79 Å². The fraction of sp³-hybridized carbons (Fsp3) is 0.154. The SMILES string of the molecule is Cc1ccc(-c2ccc3c(c2)C(=O)NC3)s1. The molecule has 2 heterocycles. The van der Waals surface area contributed by atoms with Gasteiger partial charge in [-0.25, -0.2) is 0 Å². The van der Waals surface area contributed by atoms with Crippen LogP contribution in [0.2, 0.25) is 0 Å². The molecule has 1 aliphatic rings. The summed E-state index contributed by atoms with van der Waals surface area (Å²) in [6, 6.07) is 10.3. The van der Waals surface area contributed by atoms with Gasteiger partial charge in [-0.2, -0.15) is 0 Å². The molecule has 1 aromatic heterocycles. The molecule has 0 aliphatic carbocycles. The Hall–Kier alpha value is -1.61. The largest absolute Gasteiger partial charge is 0.348 e. The molecular formula is C13H11NOS. The van der Waals surface area contributed by atoms with E-state index in [2.05, 4.69) is 30.4 Å². The summed E-state index contributed by atoms with van der Waals surface area (Å²) in [4.78, 5) is 14.1. The number of fused-ring (bicyclic) bond motifs is 1. The molecule has 0 saturated heterocycles. The van der Waals surface area contributed by atoms with E-state index in [1.807, 2.05) is 12.1 Å². The standard InChI is InChI=1S/C13H11NOS/c1-8-2-5-12(16-8)9-3-4-10-7-14-13(15)11(10)6-9/h2-6H,7H2,1H3,(H,14,15). The highest BCUT2D eigenvalue weighted by molar-refractivity contribution is 7.15. The summed E-state index contributed by atoms with van der Waals surface area (Å²) in [7, 11) is 0. The molecule has 1 aromatic carbocycles. The van der Waals surface area contributed by atoms with E-state index in [1.165, 1.54) is 9.75 Å². The Morgan fingerprint density at radius 2 is 2.12 bits per heavy atom. The molecule has 3 heteroatoms. The number of benzene rings is 1. The third-order valence-corrected chi connectivity index (χ3v) is 3.87. The zero-order valence-corrected chi connectivity index (χ0v) is 9.73. The van der Waals surface area contributed by atoms with Crippen LogP contribution in [0.3, 0.4) is 0 Å². The average molecular weight is 229 g/mol. The van der Waals surface area contributed by atoms with Crippen molar-refractivity contribution in [3.8, 4) is 10.4 Å². The van der Waals surface area contributed by atoms with Crippen molar-refractivity contribution in [1.29, 1.82) is 0 Å². The van der Waals surface area contributed by atoms with Crippen molar-refractivity contribution in [1.82, 2.24) is 5.32 Å². The van der Waals surface area contributed by atoms with Gasteiger partial charge in [-0.1, -0.05) is 12.1 Å². The Bertz CT molecular complexity index is 571. The summed E-state index contributed by atoms with van der Waals surface area (Å²) in [5.41, 5.74) is 3.06. The molecule has 1 N–H and O–H groups in total. The third kappa shape index (κ3) is 1.44. The summed E-state index contributed by atoms with van der Waals surface area (Å²) >= 11 is 1.76. The smallest absolute Gasteiger partial charge is 0.251 e. The Balaban J connectivity index is 2.10. The first-order valence-electron chi connectivity index (χ1n) is 5.22. The molecule has 0 atom stereocenters. The molecule has 80 valence electrons. The topological polar surface area (TPSA) is 29.1 Å². The predicted octanol–water partition coefficient (Wildman–Crippen LogP) is 2.97. The lowest BCUT2D eigenvalue weighted by atomic mass is 10.1. The molecule has 2 nitrogen and oxygen atoms in total. The maximum atomic E-state index is 11.5. The monoisotopic (exact) mass is 229 g/mol. The van der Waals surface area contributed by atoms with E-state index >= 15 is 0 Å². The summed E-state index contributed by atoms with van der Waals surface area (Å²) in [5, 5.41) is 2.83. The fourth-order valence-corrected chi connectivity index (χ4v) is 2.82. The molecule has 16 heavy (non-hydrogen) atoms. The number of hydrogen-bond acceptors (Lipinski definition) is 2. The first-order chi connectivity index (χ1) is 7.74. The van der Waals surface area contributed by atoms with Crippen LogP contribution in [0.15, 0.2) is 30.3 Å². The van der Waals surface area contributed by atoms with Crippen molar-refractivity contribution < 1.29 is 4.79 Å². The maximum Gasteiger partial charge on any atom is 0.251 e. The van der Waals surface area contributed by atoms with Crippen LogP contribution in [0.5, 0.6) is 0 Å². The molecule has 0 bridgehead atoms. The molecule has 0 spiro atoms. The van der Waals surface area contributed by atoms with E-state index in [-0.39, 0.29) is 5.91 Å². The van der Waals surface area contributed by atoms with Gasteiger partial charge in [-0.3, -0.25) is 4.79 Å². The molecule has 1 aliphatic heterocycles. The number of thiophene rings is 1. The second-order valence-corrected chi connectivity index (χ2v) is 5.25. The highest BCUT2D eigenvalue weighted by Crippen LogP contribution is 2.30. The van der Waals surface area contributed by atoms with Crippen molar-refractivity contribution in [3.63, 3.8) is 0 Å². The van der Waals surface area contributed by atoms with Crippen molar-refractivity contribution in [2.24, 2.45) is 0 Å². The first-order valence-corrected chi connectivity index (χ1v) is 6.03. The van der Waals surface area contributed by atoms with Crippen LogP contribution >= 0.6 is 11.3 Å². The highest BCUT2D eigenvalue weighted by atomic mass is 32.1. The van der Waals surface area contributed by atoms with Gasteiger partial charge in [0.25, 0.3) is 5.91 Å². The fourth-order valence-electron chi connectivity index (χ4n) is 1.96. The van der Waals surface area contributed by atoms with E-state index in [1.54, 1.807) is 11.3 Å². The van der Waals surface area contributed by atoms with Gasteiger partial charge in [0.05, 0.1) is 0 Å². The first kappa shape index (κ1) is 9.60. The van der Waals surface area contributed by atoms with E-state index in [0.717, 1.165) is 16.7 Å². The zero-order valence-electron chi connectivity index (χ0n) is 8.91. The minimum atomic E-state index is 0.0464. The molecule has 0 fully saturated rings. The van der Waals surface area contributed by atoms with Gasteiger partial charge >= 0.3 is 0 Å². The van der Waals surface area contributed by atoms with Gasteiger partial charge in [0.15, 0.2) is 0 Å². The lowest BCUT2D eigenvalue weighted by molar-refractivity contribution is 0.0966. The summed E-state index contributed by atoms with van der Waals surface area (Å²) in [6.45, 7) is 2.76. The second kappa shape index (κ2) is 3.46. The lowest BCUT2D eigenvalue weighted by Gasteiger charge is -2.00. The third-order valence-electron chi connectivity index (χ3n) is 2.82. The van der Waals surface area contributed by atoms with Crippen LogP contribution in [-0.4, -0.2) is 5.91 Å². The minimum Gasteiger partial charge on any atom is -0.348 e. The van der Waals surface area contributed by atoms with Crippen molar-refractivity contribution in [2.45, 2.75) is 13.5 Å². The minimum absolute atomic E-state index is 0.0464. The van der Waals surface area contributed by atoms with E-state index < -0.39 is 0 Å². The van der Waals surface area contributed by atoms with E-state index in [0.29, 0.717) is 6.54 Å². The molecule has 0 saturated carbocycles. The maximum absolute atomic E-state index is 11.5. The highest BCUT2D eigenvalue weighted by Gasteiger charge is 2.19. The van der Waals surface area contributed by atoms with Gasteiger partial charge in [0.1, 0.15) is 0 Å². The molecule has 0 unspecified atom stereocenters. The number of nitrogens with one attached hydrogen (secondary N) is 1. The van der Waals surface area contributed by atoms with Gasteiger partial charge in [0, 0.05) is 21.9 Å². The number of hydrogen-bond donors (Lipinski definition) is 1. The second-order valence-electron chi connectivity index (χ2n) is 3.96. The van der Waals surface area contributed by atoms with Gasteiger partial charge in [0.2, 0.25) is 0 Å². The Morgan fingerprint density at radius 1 is 1.25 bits per heavy atom. The molecule has 1 amide bonds. The molecule has 2 aromatic rings. The van der Waals surface area contributed by atoms with Gasteiger partial charge in [-0.15, -0.1) is 11.3 Å². The number of rotatable bonds is 1. The number of aryl methyl sites for hydroxylation is 1. The summed E-state index contributed by atoms with van der Waals surface area (Å²) in [5.74, 6) is 0.0464. The Kier molecular flexibility index (Phi) is 2.07. The van der Waals surface area contributed by atoms with Crippen LogP contribution in [-0.2, 0) is 6.54 Å². The molecule has 3 rings (SSSR count). The van der Waals surface area contributed by atoms with Crippen molar-refractivity contribution in [2.75, 3.05) is 0 Å². The lowest BCUT2D eigenvalue weighted by Crippen LogP contribution is -2.12. The van der Waals surface area contributed by atoms with Crippen LogP contribution in [0, 0.1) is 6.92 Å². The van der Waals surface area contributed by atoms with Crippen LogP contribution in [0.4, 0.5) is 0 Å². The summed E-state index contributed by atoms with van der Waals surface area (Å²) < 4.78 is 0. The normalized spacial score (nSPS) is 13.7. The van der Waals surface area contributed by atoms with E-state index in [4.69, 9.17) is 0 Å². The van der Waals surface area contributed by atoms with Crippen LogP contribution < -0.4 is 5.32 Å². The summed E-state index contributed by atoms with van der Waals surface area (Å²) in [6.07, 6.45) is 0. The van der Waals surface area contributed by atoms with Gasteiger partial charge < -0.3 is 5.32 Å². The average Bonchev–Trinajstić information content (AvgIpc) is 2.86. The predicted molar refractivity (Wildman–Crippen MR) is 65.7 cm³/mol. The molecular weight excluding hydrogens is 218 g/mol. The van der Waals surface area contributed by atoms with Crippen LogP contribution in [0.1, 0.15) is 20.8 Å². The number of carbonyl (C=O) groups is 1. The van der Waals surface area contributed by atoms with Gasteiger partial charge in [-0.05, 0) is 36.2 Å². The zero-order chi connectivity index (χ0) is 11.1. The molecule has 0 radical (unpaired) electrons. The Labute approximate surface area is 97.9 Å². The Morgan fingerprint density at radius 3 is 2.88 bits per heavy atom. The van der Waals surface area contributed by atoms with Crippen molar-refractivity contribution >= 4 is 17.2 Å². The quantitative estimate of drug-likeness (QED) is 0.800. The number of amides is 1. The number of carbonyl (C=O) groups excluding carboxylic acids is 1. The van der Waals surface area contributed by atoms with Crippen molar-refractivity contribution in [3.05, 3.63) is 46.3 Å². The van der Waals surface area contributed by atoms with Crippen LogP contribution in [0.25, 0.3) is 10.4 Å².